The van der Waals surface area contributed by atoms with Gasteiger partial charge in [-0.25, -0.2) is 9.07 Å². The predicted molar refractivity (Wildman–Crippen MR) is 94.4 cm³/mol. The third-order valence-corrected chi connectivity index (χ3v) is 4.72. The zero-order valence-electron chi connectivity index (χ0n) is 13.2. The van der Waals surface area contributed by atoms with Crippen LogP contribution in [0.2, 0.25) is 0 Å². The van der Waals surface area contributed by atoms with E-state index in [0.29, 0.717) is 16.6 Å². The van der Waals surface area contributed by atoms with E-state index in [1.165, 1.54) is 24.2 Å². The Morgan fingerprint density at radius 3 is 2.60 bits per heavy atom. The number of para-hydroxylation sites is 1. The van der Waals surface area contributed by atoms with Gasteiger partial charge < -0.3 is 0 Å². The van der Waals surface area contributed by atoms with Crippen LogP contribution in [0.5, 0.6) is 0 Å². The molecule has 0 aliphatic carbocycles. The molecule has 25 heavy (non-hydrogen) atoms. The summed E-state index contributed by atoms with van der Waals surface area (Å²) in [5.41, 5.74) is 2.60. The summed E-state index contributed by atoms with van der Waals surface area (Å²) in [5, 5.41) is 12.9. The Morgan fingerprint density at radius 1 is 1.00 bits per heavy atom. The molecule has 124 valence electrons. The predicted octanol–water partition coefficient (Wildman–Crippen LogP) is 3.88. The average molecular weight is 351 g/mol. The molecule has 5 nitrogen and oxygen atoms in total. The Kier molecular flexibility index (Phi) is 4.30. The molecule has 0 bridgehead atoms. The molecule has 2 aromatic carbocycles. The molecular formula is C18H14FN5S. The van der Waals surface area contributed by atoms with Gasteiger partial charge in [-0.1, -0.05) is 36.0 Å². The number of rotatable bonds is 5. The lowest BCUT2D eigenvalue weighted by molar-refractivity contribution is 0.613. The van der Waals surface area contributed by atoms with Crippen LogP contribution in [0.15, 0.2) is 78.5 Å². The van der Waals surface area contributed by atoms with Gasteiger partial charge in [0.2, 0.25) is 0 Å². The highest BCUT2D eigenvalue weighted by molar-refractivity contribution is 7.98. The molecule has 0 aliphatic rings. The molecule has 0 fully saturated rings. The lowest BCUT2D eigenvalue weighted by Gasteiger charge is -2.07. The molecule has 2 aromatic heterocycles. The van der Waals surface area contributed by atoms with E-state index in [2.05, 4.69) is 15.3 Å². The van der Waals surface area contributed by atoms with Crippen molar-refractivity contribution >= 4 is 11.8 Å². The summed E-state index contributed by atoms with van der Waals surface area (Å²) in [6.07, 6.45) is 5.18. The molecule has 0 aliphatic heterocycles. The third kappa shape index (κ3) is 3.32. The van der Waals surface area contributed by atoms with Crippen molar-refractivity contribution < 1.29 is 4.39 Å². The fourth-order valence-electron chi connectivity index (χ4n) is 2.45. The molecule has 0 atom stereocenters. The normalized spacial score (nSPS) is 10.9. The molecule has 0 amide bonds. The van der Waals surface area contributed by atoms with Crippen LogP contribution >= 0.6 is 11.8 Å². The molecule has 4 aromatic rings. The van der Waals surface area contributed by atoms with E-state index in [1.54, 1.807) is 29.0 Å². The zero-order valence-corrected chi connectivity index (χ0v) is 14.0. The van der Waals surface area contributed by atoms with E-state index >= 15 is 0 Å². The van der Waals surface area contributed by atoms with E-state index < -0.39 is 0 Å². The molecule has 0 N–H and O–H groups in total. The second-order valence-electron chi connectivity index (χ2n) is 5.34. The lowest BCUT2D eigenvalue weighted by atomic mass is 10.2. The fourth-order valence-corrected chi connectivity index (χ4v) is 3.33. The van der Waals surface area contributed by atoms with Gasteiger partial charge in [-0.3, -0.25) is 4.57 Å². The van der Waals surface area contributed by atoms with E-state index in [9.17, 15) is 4.39 Å². The Labute approximate surface area is 148 Å². The number of benzene rings is 2. The van der Waals surface area contributed by atoms with Crippen LogP contribution in [0.25, 0.3) is 11.4 Å². The molecular weight excluding hydrogens is 337 g/mol. The van der Waals surface area contributed by atoms with Crippen molar-refractivity contribution in [3.63, 3.8) is 0 Å². The van der Waals surface area contributed by atoms with Crippen LogP contribution in [0, 0.1) is 5.82 Å². The van der Waals surface area contributed by atoms with Crippen molar-refractivity contribution in [1.82, 2.24) is 24.5 Å². The standard InChI is InChI=1S/C18H14FN5S/c19-16-4-1-2-5-17(16)23-13-20-22-18(23)25-12-14-6-8-15(9-7-14)24-11-3-10-21-24/h1-11,13H,12H2. The molecule has 0 spiro atoms. The molecule has 0 radical (unpaired) electrons. The van der Waals surface area contributed by atoms with Gasteiger partial charge in [-0.15, -0.1) is 10.2 Å². The number of aromatic nitrogens is 5. The number of hydrogen-bond acceptors (Lipinski definition) is 4. The number of halogens is 1. The van der Waals surface area contributed by atoms with Gasteiger partial charge in [0.15, 0.2) is 5.16 Å². The summed E-state index contributed by atoms with van der Waals surface area (Å²) in [7, 11) is 0. The van der Waals surface area contributed by atoms with Gasteiger partial charge >= 0.3 is 0 Å². The zero-order chi connectivity index (χ0) is 17.1. The number of hydrogen-bond donors (Lipinski definition) is 0. The molecule has 2 heterocycles. The van der Waals surface area contributed by atoms with Crippen molar-refractivity contribution in [2.45, 2.75) is 10.9 Å². The highest BCUT2D eigenvalue weighted by Gasteiger charge is 2.11. The first-order valence-electron chi connectivity index (χ1n) is 7.68. The Balaban J connectivity index is 1.49. The molecule has 0 unspecified atom stereocenters. The quantitative estimate of drug-likeness (QED) is 0.512. The Bertz CT molecular complexity index is 963. The second-order valence-corrected chi connectivity index (χ2v) is 6.28. The monoisotopic (exact) mass is 351 g/mol. The summed E-state index contributed by atoms with van der Waals surface area (Å²) < 4.78 is 17.5. The van der Waals surface area contributed by atoms with Crippen LogP contribution in [-0.4, -0.2) is 24.5 Å². The minimum Gasteiger partial charge on any atom is -0.274 e. The van der Waals surface area contributed by atoms with Crippen LogP contribution < -0.4 is 0 Å². The molecule has 0 saturated heterocycles. The van der Waals surface area contributed by atoms with Gasteiger partial charge in [-0.2, -0.15) is 5.10 Å². The highest BCUT2D eigenvalue weighted by Crippen LogP contribution is 2.25. The summed E-state index contributed by atoms with van der Waals surface area (Å²) in [6.45, 7) is 0. The van der Waals surface area contributed by atoms with Crippen LogP contribution in [0.4, 0.5) is 4.39 Å². The average Bonchev–Trinajstić information content (AvgIpc) is 3.33. The second kappa shape index (κ2) is 6.90. The molecule has 0 saturated carbocycles. The van der Waals surface area contributed by atoms with Crippen molar-refractivity contribution in [3.05, 3.63) is 84.7 Å². The van der Waals surface area contributed by atoms with Crippen molar-refractivity contribution in [2.24, 2.45) is 0 Å². The van der Waals surface area contributed by atoms with Gasteiger partial charge in [0, 0.05) is 18.1 Å². The first kappa shape index (κ1) is 15.6. The maximum Gasteiger partial charge on any atom is 0.196 e. The molecule has 4 rings (SSSR count). The SMILES string of the molecule is Fc1ccccc1-n1cnnc1SCc1ccc(-n2cccn2)cc1. The first-order valence-corrected chi connectivity index (χ1v) is 8.66. The minimum atomic E-state index is -0.298. The van der Waals surface area contributed by atoms with Crippen LogP contribution in [0.3, 0.4) is 0 Å². The number of nitrogens with zero attached hydrogens (tertiary/aromatic N) is 5. The van der Waals surface area contributed by atoms with E-state index in [0.717, 1.165) is 11.3 Å². The van der Waals surface area contributed by atoms with Gasteiger partial charge in [0.1, 0.15) is 12.1 Å². The largest absolute Gasteiger partial charge is 0.274 e. The maximum atomic E-state index is 14.0. The molecule has 7 heteroatoms. The Morgan fingerprint density at radius 2 is 1.84 bits per heavy atom. The third-order valence-electron chi connectivity index (χ3n) is 3.70. The Hall–Kier alpha value is -2.93. The first-order chi connectivity index (χ1) is 12.3. The minimum absolute atomic E-state index is 0.298. The summed E-state index contributed by atoms with van der Waals surface area (Å²) >= 11 is 1.51. The van der Waals surface area contributed by atoms with Crippen LogP contribution in [0.1, 0.15) is 5.56 Å². The van der Waals surface area contributed by atoms with Gasteiger partial charge in [0.25, 0.3) is 0 Å². The number of thioether (sulfide) groups is 1. The van der Waals surface area contributed by atoms with Crippen molar-refractivity contribution in [1.29, 1.82) is 0 Å². The summed E-state index contributed by atoms with van der Waals surface area (Å²) in [6, 6.07) is 16.6. The topological polar surface area (TPSA) is 48.5 Å². The van der Waals surface area contributed by atoms with Crippen LogP contribution in [-0.2, 0) is 5.75 Å². The van der Waals surface area contributed by atoms with Crippen molar-refractivity contribution in [2.75, 3.05) is 0 Å². The maximum absolute atomic E-state index is 14.0. The summed E-state index contributed by atoms with van der Waals surface area (Å²) in [5.74, 6) is 0.416. The lowest BCUT2D eigenvalue weighted by Crippen LogP contribution is -1.98. The van der Waals surface area contributed by atoms with E-state index in [-0.39, 0.29) is 5.82 Å². The van der Waals surface area contributed by atoms with Gasteiger partial charge in [-0.05, 0) is 35.9 Å². The highest BCUT2D eigenvalue weighted by atomic mass is 32.2. The van der Waals surface area contributed by atoms with E-state index in [1.807, 2.05) is 41.2 Å². The van der Waals surface area contributed by atoms with E-state index in [4.69, 9.17) is 0 Å². The van der Waals surface area contributed by atoms with Crippen molar-refractivity contribution in [3.8, 4) is 11.4 Å². The fraction of sp³-hybridized carbons (Fsp3) is 0.0556. The summed E-state index contributed by atoms with van der Waals surface area (Å²) in [4.78, 5) is 0. The smallest absolute Gasteiger partial charge is 0.196 e. The van der Waals surface area contributed by atoms with Gasteiger partial charge in [0.05, 0.1) is 11.4 Å².